The van der Waals surface area contributed by atoms with E-state index in [1.54, 1.807) is 17.0 Å². The van der Waals surface area contributed by atoms with Crippen LogP contribution in [0.25, 0.3) is 6.08 Å². The monoisotopic (exact) mass is 313 g/mol. The Morgan fingerprint density at radius 2 is 2.23 bits per heavy atom. The number of aromatic nitrogens is 2. The lowest BCUT2D eigenvalue weighted by Gasteiger charge is -2.20. The highest BCUT2D eigenvalue weighted by atomic mass is 32.2. The van der Waals surface area contributed by atoms with Crippen LogP contribution in [0.3, 0.4) is 0 Å². The van der Waals surface area contributed by atoms with Crippen molar-refractivity contribution in [3.05, 3.63) is 48.3 Å². The SMILES string of the molecule is C[C@H]1CCN(C(=O)/C=C/c2cnn(C)c2)c2ccccc2S1. The second-order valence-corrected chi connectivity index (χ2v) is 6.94. The lowest BCUT2D eigenvalue weighted by atomic mass is 10.2. The Morgan fingerprint density at radius 3 is 3.00 bits per heavy atom. The van der Waals surface area contributed by atoms with Gasteiger partial charge in [-0.05, 0) is 24.6 Å². The number of thioether (sulfide) groups is 1. The van der Waals surface area contributed by atoms with Gasteiger partial charge in [0, 0.05) is 41.6 Å². The summed E-state index contributed by atoms with van der Waals surface area (Å²) in [5, 5.41) is 4.62. The fraction of sp³-hybridized carbons (Fsp3) is 0.294. The first-order valence-electron chi connectivity index (χ1n) is 7.37. The third-order valence-electron chi connectivity index (χ3n) is 3.65. The average Bonchev–Trinajstić information content (AvgIpc) is 2.84. The van der Waals surface area contributed by atoms with Crippen LogP contribution in [0.2, 0.25) is 0 Å². The maximum Gasteiger partial charge on any atom is 0.251 e. The van der Waals surface area contributed by atoms with E-state index in [2.05, 4.69) is 18.1 Å². The number of amides is 1. The number of carbonyl (C=O) groups excluding carboxylic acids is 1. The number of carbonyl (C=O) groups is 1. The maximum absolute atomic E-state index is 12.6. The van der Waals surface area contributed by atoms with Crippen LogP contribution in [0, 0.1) is 0 Å². The molecule has 2 aromatic rings. The van der Waals surface area contributed by atoms with E-state index >= 15 is 0 Å². The topological polar surface area (TPSA) is 38.1 Å². The molecule has 0 saturated heterocycles. The van der Waals surface area contributed by atoms with Crippen molar-refractivity contribution >= 4 is 29.4 Å². The molecular formula is C17H19N3OS. The molecule has 114 valence electrons. The molecule has 4 nitrogen and oxygen atoms in total. The number of fused-ring (bicyclic) bond motifs is 1. The number of para-hydroxylation sites is 1. The molecule has 1 aliphatic rings. The average molecular weight is 313 g/mol. The van der Waals surface area contributed by atoms with Gasteiger partial charge in [0.05, 0.1) is 11.9 Å². The summed E-state index contributed by atoms with van der Waals surface area (Å²) in [5.74, 6) is 0.0194. The quantitative estimate of drug-likeness (QED) is 0.798. The van der Waals surface area contributed by atoms with Crippen molar-refractivity contribution in [2.45, 2.75) is 23.5 Å². The summed E-state index contributed by atoms with van der Waals surface area (Å²) in [4.78, 5) is 15.7. The molecule has 1 aliphatic heterocycles. The maximum atomic E-state index is 12.6. The normalized spacial score (nSPS) is 18.3. The number of hydrogen-bond acceptors (Lipinski definition) is 3. The standard InChI is InChI=1S/C17H19N3OS/c1-13-9-10-20(15-5-3-4-6-16(15)22-13)17(21)8-7-14-11-18-19(2)12-14/h3-8,11-13H,9-10H2,1-2H3/b8-7+/t13-/m0/s1. The minimum atomic E-state index is 0.0194. The van der Waals surface area contributed by atoms with Gasteiger partial charge in [-0.1, -0.05) is 19.1 Å². The van der Waals surface area contributed by atoms with Crippen LogP contribution in [0.15, 0.2) is 47.6 Å². The van der Waals surface area contributed by atoms with Gasteiger partial charge < -0.3 is 4.90 Å². The first-order chi connectivity index (χ1) is 10.6. The molecule has 1 aromatic heterocycles. The van der Waals surface area contributed by atoms with E-state index in [0.717, 1.165) is 24.2 Å². The van der Waals surface area contributed by atoms with Crippen LogP contribution >= 0.6 is 11.8 Å². The van der Waals surface area contributed by atoms with Gasteiger partial charge in [0.2, 0.25) is 0 Å². The summed E-state index contributed by atoms with van der Waals surface area (Å²) in [6.07, 6.45) is 8.08. The van der Waals surface area contributed by atoms with Crippen molar-refractivity contribution in [1.29, 1.82) is 0 Å². The number of hydrogen-bond donors (Lipinski definition) is 0. The first-order valence-corrected chi connectivity index (χ1v) is 8.25. The third kappa shape index (κ3) is 3.25. The zero-order chi connectivity index (χ0) is 15.5. The van der Waals surface area contributed by atoms with Crippen molar-refractivity contribution in [2.24, 2.45) is 7.05 Å². The van der Waals surface area contributed by atoms with Crippen LogP contribution in [-0.2, 0) is 11.8 Å². The van der Waals surface area contributed by atoms with E-state index in [-0.39, 0.29) is 5.91 Å². The predicted molar refractivity (Wildman–Crippen MR) is 91.0 cm³/mol. The first kappa shape index (κ1) is 14.9. The van der Waals surface area contributed by atoms with E-state index in [4.69, 9.17) is 0 Å². The van der Waals surface area contributed by atoms with Gasteiger partial charge in [-0.2, -0.15) is 5.10 Å². The predicted octanol–water partition coefficient (Wildman–Crippen LogP) is 3.35. The van der Waals surface area contributed by atoms with Gasteiger partial charge in [0.15, 0.2) is 0 Å². The van der Waals surface area contributed by atoms with Crippen LogP contribution < -0.4 is 4.90 Å². The summed E-state index contributed by atoms with van der Waals surface area (Å²) >= 11 is 1.84. The van der Waals surface area contributed by atoms with Gasteiger partial charge in [0.25, 0.3) is 5.91 Å². The summed E-state index contributed by atoms with van der Waals surface area (Å²) < 4.78 is 1.73. The Kier molecular flexibility index (Phi) is 4.34. The van der Waals surface area contributed by atoms with Gasteiger partial charge in [0.1, 0.15) is 0 Å². The Balaban J connectivity index is 1.84. The van der Waals surface area contributed by atoms with E-state index in [9.17, 15) is 4.79 Å². The molecule has 0 radical (unpaired) electrons. The van der Waals surface area contributed by atoms with E-state index in [1.165, 1.54) is 4.90 Å². The van der Waals surface area contributed by atoms with Crippen LogP contribution in [0.4, 0.5) is 5.69 Å². The smallest absolute Gasteiger partial charge is 0.251 e. The van der Waals surface area contributed by atoms with Crippen LogP contribution in [0.5, 0.6) is 0 Å². The summed E-state index contributed by atoms with van der Waals surface area (Å²) in [6, 6.07) is 8.13. The molecule has 22 heavy (non-hydrogen) atoms. The number of nitrogens with zero attached hydrogens (tertiary/aromatic N) is 3. The molecule has 1 aromatic carbocycles. The van der Waals surface area contributed by atoms with Crippen molar-refractivity contribution in [1.82, 2.24) is 9.78 Å². The Hall–Kier alpha value is -2.01. The molecule has 0 saturated carbocycles. The third-order valence-corrected chi connectivity index (χ3v) is 4.89. The van der Waals surface area contributed by atoms with Crippen molar-refractivity contribution < 1.29 is 4.79 Å². The molecule has 0 N–H and O–H groups in total. The summed E-state index contributed by atoms with van der Waals surface area (Å²) in [6.45, 7) is 2.96. The van der Waals surface area contributed by atoms with Crippen molar-refractivity contribution in [3.8, 4) is 0 Å². The van der Waals surface area contributed by atoms with Crippen LogP contribution in [-0.4, -0.2) is 27.5 Å². The molecule has 1 atom stereocenters. The molecule has 1 amide bonds. The molecule has 0 bridgehead atoms. The molecule has 0 spiro atoms. The number of rotatable bonds is 2. The molecule has 0 aliphatic carbocycles. The lowest BCUT2D eigenvalue weighted by molar-refractivity contribution is -0.114. The fourth-order valence-electron chi connectivity index (χ4n) is 2.50. The number of anilines is 1. The van der Waals surface area contributed by atoms with E-state index in [1.807, 2.05) is 54.2 Å². The molecule has 3 rings (SSSR count). The second-order valence-electron chi connectivity index (χ2n) is 5.46. The van der Waals surface area contributed by atoms with E-state index < -0.39 is 0 Å². The largest absolute Gasteiger partial charge is 0.308 e. The minimum Gasteiger partial charge on any atom is -0.308 e. The molecule has 0 fully saturated rings. The highest BCUT2D eigenvalue weighted by molar-refractivity contribution is 8.00. The Labute approximate surface area is 134 Å². The highest BCUT2D eigenvalue weighted by Crippen LogP contribution is 2.37. The fourth-order valence-corrected chi connectivity index (χ4v) is 3.61. The van der Waals surface area contributed by atoms with E-state index in [0.29, 0.717) is 5.25 Å². The lowest BCUT2D eigenvalue weighted by Crippen LogP contribution is -2.30. The number of benzene rings is 1. The Morgan fingerprint density at radius 1 is 1.41 bits per heavy atom. The summed E-state index contributed by atoms with van der Waals surface area (Å²) in [5.41, 5.74) is 1.94. The van der Waals surface area contributed by atoms with Crippen molar-refractivity contribution in [2.75, 3.05) is 11.4 Å². The van der Waals surface area contributed by atoms with Crippen LogP contribution in [0.1, 0.15) is 18.9 Å². The van der Waals surface area contributed by atoms with Gasteiger partial charge in [-0.15, -0.1) is 11.8 Å². The highest BCUT2D eigenvalue weighted by Gasteiger charge is 2.22. The zero-order valence-electron chi connectivity index (χ0n) is 12.8. The zero-order valence-corrected chi connectivity index (χ0v) is 13.6. The molecular weight excluding hydrogens is 294 g/mol. The molecule has 0 unspecified atom stereocenters. The second kappa shape index (κ2) is 6.40. The van der Waals surface area contributed by atoms with Crippen molar-refractivity contribution in [3.63, 3.8) is 0 Å². The molecule has 5 heteroatoms. The Bertz CT molecular complexity index is 707. The van der Waals surface area contributed by atoms with Gasteiger partial charge in [-0.25, -0.2) is 0 Å². The minimum absolute atomic E-state index is 0.0194. The van der Waals surface area contributed by atoms with Gasteiger partial charge >= 0.3 is 0 Å². The number of aryl methyl sites for hydroxylation is 1. The summed E-state index contributed by atoms with van der Waals surface area (Å²) in [7, 11) is 1.86. The molecule has 2 heterocycles. The van der Waals surface area contributed by atoms with Gasteiger partial charge in [-0.3, -0.25) is 9.48 Å².